The van der Waals surface area contributed by atoms with Crippen LogP contribution in [0.25, 0.3) is 0 Å². The van der Waals surface area contributed by atoms with Gasteiger partial charge < -0.3 is 0 Å². The van der Waals surface area contributed by atoms with E-state index in [1.54, 1.807) is 0 Å². The van der Waals surface area contributed by atoms with E-state index < -0.39 is 0 Å². The monoisotopic (exact) mass is 203 g/mol. The van der Waals surface area contributed by atoms with Crippen molar-refractivity contribution in [1.82, 2.24) is 5.43 Å². The number of amidine groups is 1. The zero-order chi connectivity index (χ0) is 10.7. The molecule has 1 aliphatic heterocycles. The van der Waals surface area contributed by atoms with Gasteiger partial charge in [0.2, 0.25) is 0 Å². The number of hydrogen-bond acceptors (Lipinski definition) is 2. The Balaban J connectivity index is 2.19. The molecule has 1 heterocycles. The minimum atomic E-state index is 0.0356. The molecule has 0 saturated carbocycles. The van der Waals surface area contributed by atoms with Crippen LogP contribution < -0.4 is 10.4 Å². The molecule has 0 bridgehead atoms. The number of para-hydroxylation sites is 1. The number of carbonyl (C=O) groups is 1. The average Bonchev–Trinajstić information content (AvgIpc) is 2.61. The number of anilines is 1. The Bertz CT molecular complexity index is 386. The lowest BCUT2D eigenvalue weighted by Gasteiger charge is -2.15. The molecular weight excluding hydrogens is 190 g/mol. The second-order valence-corrected chi connectivity index (χ2v) is 3.27. The molecule has 1 aromatic rings. The molecule has 1 aliphatic rings. The van der Waals surface area contributed by atoms with Crippen LogP contribution in [0, 0.1) is 0 Å². The molecule has 1 aromatic carbocycles. The van der Waals surface area contributed by atoms with E-state index >= 15 is 0 Å². The lowest BCUT2D eigenvalue weighted by atomic mass is 10.3. The Morgan fingerprint density at radius 1 is 1.40 bits per heavy atom. The average molecular weight is 203 g/mol. The predicted octanol–water partition coefficient (Wildman–Crippen LogP) is 1.35. The molecule has 0 unspecified atom stereocenters. The van der Waals surface area contributed by atoms with Crippen LogP contribution in [0.15, 0.2) is 35.3 Å². The minimum absolute atomic E-state index is 0.0356. The number of benzene rings is 1. The van der Waals surface area contributed by atoms with Gasteiger partial charge in [-0.3, -0.25) is 15.2 Å². The second kappa shape index (κ2) is 4.13. The van der Waals surface area contributed by atoms with Crippen molar-refractivity contribution in [2.45, 2.75) is 13.3 Å². The highest BCUT2D eigenvalue weighted by Crippen LogP contribution is 2.15. The fourth-order valence-electron chi connectivity index (χ4n) is 1.52. The van der Waals surface area contributed by atoms with Gasteiger partial charge in [0.1, 0.15) is 5.84 Å². The van der Waals surface area contributed by atoms with Gasteiger partial charge in [-0.2, -0.15) is 0 Å². The number of aliphatic imine (C=N–C) groups is 1. The molecular formula is C11H13N3O. The van der Waals surface area contributed by atoms with Crippen LogP contribution in [-0.2, 0) is 4.79 Å². The number of nitrogens with zero attached hydrogens (tertiary/aromatic N) is 2. The van der Waals surface area contributed by atoms with E-state index in [1.165, 1.54) is 5.01 Å². The number of hydrazine groups is 1. The quantitative estimate of drug-likeness (QED) is 0.788. The van der Waals surface area contributed by atoms with Crippen molar-refractivity contribution in [2.75, 3.05) is 11.6 Å². The van der Waals surface area contributed by atoms with Gasteiger partial charge in [0, 0.05) is 6.54 Å². The summed E-state index contributed by atoms with van der Waals surface area (Å²) in [5.74, 6) is 0.778. The standard InChI is InChI=1S/C11H13N3O/c1-2-12-10-8-11(15)14(13-10)9-6-4-3-5-7-9/h3-7H,2,8H2,1H3,(H,12,13). The molecule has 0 atom stereocenters. The van der Waals surface area contributed by atoms with Crippen molar-refractivity contribution in [3.8, 4) is 0 Å². The summed E-state index contributed by atoms with van der Waals surface area (Å²) in [6.07, 6.45) is 0.364. The van der Waals surface area contributed by atoms with Crippen LogP contribution in [0.2, 0.25) is 0 Å². The number of amides is 1. The van der Waals surface area contributed by atoms with Crippen molar-refractivity contribution in [2.24, 2.45) is 4.99 Å². The third-order valence-electron chi connectivity index (χ3n) is 2.17. The van der Waals surface area contributed by atoms with Gasteiger partial charge >= 0.3 is 0 Å². The highest BCUT2D eigenvalue weighted by Gasteiger charge is 2.25. The SMILES string of the molecule is CCN=C1CC(=O)N(c2ccccc2)N1. The molecule has 1 fully saturated rings. The Labute approximate surface area is 88.6 Å². The number of nitrogens with one attached hydrogen (secondary N) is 1. The Hall–Kier alpha value is -1.84. The summed E-state index contributed by atoms with van der Waals surface area (Å²) in [4.78, 5) is 15.8. The maximum Gasteiger partial charge on any atom is 0.253 e. The molecule has 0 radical (unpaired) electrons. The third-order valence-corrected chi connectivity index (χ3v) is 2.17. The zero-order valence-electron chi connectivity index (χ0n) is 8.60. The van der Waals surface area contributed by atoms with E-state index in [0.29, 0.717) is 13.0 Å². The molecule has 1 amide bonds. The molecule has 0 aromatic heterocycles. The lowest BCUT2D eigenvalue weighted by molar-refractivity contribution is -0.116. The van der Waals surface area contributed by atoms with Crippen LogP contribution in [0.4, 0.5) is 5.69 Å². The zero-order valence-corrected chi connectivity index (χ0v) is 8.60. The first-order chi connectivity index (χ1) is 7.31. The van der Waals surface area contributed by atoms with Crippen LogP contribution >= 0.6 is 0 Å². The molecule has 4 nitrogen and oxygen atoms in total. The van der Waals surface area contributed by atoms with Crippen LogP contribution in [0.1, 0.15) is 13.3 Å². The summed E-state index contributed by atoms with van der Waals surface area (Å²) in [5.41, 5.74) is 3.84. The predicted molar refractivity (Wildman–Crippen MR) is 59.7 cm³/mol. The molecule has 15 heavy (non-hydrogen) atoms. The van der Waals surface area contributed by atoms with E-state index in [4.69, 9.17) is 0 Å². The van der Waals surface area contributed by atoms with Gasteiger partial charge in [-0.15, -0.1) is 0 Å². The van der Waals surface area contributed by atoms with E-state index in [2.05, 4.69) is 10.4 Å². The lowest BCUT2D eigenvalue weighted by Crippen LogP contribution is -2.35. The Morgan fingerprint density at radius 2 is 2.13 bits per heavy atom. The maximum atomic E-state index is 11.6. The van der Waals surface area contributed by atoms with Crippen LogP contribution in [-0.4, -0.2) is 18.3 Å². The van der Waals surface area contributed by atoms with Gasteiger partial charge in [0.25, 0.3) is 5.91 Å². The third kappa shape index (κ3) is 1.98. The van der Waals surface area contributed by atoms with Gasteiger partial charge in [0.05, 0.1) is 12.1 Å². The first kappa shape index (κ1) is 9.71. The van der Waals surface area contributed by atoms with E-state index in [9.17, 15) is 4.79 Å². The number of hydrogen-bond donors (Lipinski definition) is 1. The van der Waals surface area contributed by atoms with Crippen LogP contribution in [0.5, 0.6) is 0 Å². The molecule has 1 saturated heterocycles. The second-order valence-electron chi connectivity index (χ2n) is 3.27. The maximum absolute atomic E-state index is 11.6. The molecule has 78 valence electrons. The van der Waals surface area contributed by atoms with E-state index in [0.717, 1.165) is 11.5 Å². The van der Waals surface area contributed by atoms with Gasteiger partial charge in [-0.1, -0.05) is 18.2 Å². The summed E-state index contributed by atoms with van der Waals surface area (Å²) in [7, 11) is 0. The summed E-state index contributed by atoms with van der Waals surface area (Å²) in [6, 6.07) is 9.50. The molecule has 1 N–H and O–H groups in total. The molecule has 4 heteroatoms. The van der Waals surface area contributed by atoms with E-state index in [1.807, 2.05) is 37.3 Å². The van der Waals surface area contributed by atoms with E-state index in [-0.39, 0.29) is 5.91 Å². The highest BCUT2D eigenvalue weighted by atomic mass is 16.2. The van der Waals surface area contributed by atoms with Gasteiger partial charge in [0.15, 0.2) is 0 Å². The summed E-state index contributed by atoms with van der Waals surface area (Å²) < 4.78 is 0. The van der Waals surface area contributed by atoms with Crippen molar-refractivity contribution in [3.63, 3.8) is 0 Å². The smallest absolute Gasteiger partial charge is 0.253 e. The number of rotatable bonds is 2. The molecule has 0 spiro atoms. The fraction of sp³-hybridized carbons (Fsp3) is 0.273. The topological polar surface area (TPSA) is 44.7 Å². The Morgan fingerprint density at radius 3 is 2.80 bits per heavy atom. The molecule has 2 rings (SSSR count). The first-order valence-electron chi connectivity index (χ1n) is 4.99. The molecule has 0 aliphatic carbocycles. The Kier molecular flexibility index (Phi) is 2.67. The van der Waals surface area contributed by atoms with Crippen molar-refractivity contribution < 1.29 is 4.79 Å². The van der Waals surface area contributed by atoms with Crippen molar-refractivity contribution >= 4 is 17.4 Å². The summed E-state index contributed by atoms with van der Waals surface area (Å²) in [6.45, 7) is 2.64. The van der Waals surface area contributed by atoms with Gasteiger partial charge in [-0.05, 0) is 19.1 Å². The minimum Gasteiger partial charge on any atom is -0.278 e. The fourth-order valence-corrected chi connectivity index (χ4v) is 1.52. The first-order valence-corrected chi connectivity index (χ1v) is 4.99. The van der Waals surface area contributed by atoms with Gasteiger partial charge in [-0.25, -0.2) is 5.01 Å². The normalized spacial score (nSPS) is 18.3. The largest absolute Gasteiger partial charge is 0.278 e. The van der Waals surface area contributed by atoms with Crippen LogP contribution in [0.3, 0.4) is 0 Å². The van der Waals surface area contributed by atoms with Crippen molar-refractivity contribution in [3.05, 3.63) is 30.3 Å². The summed E-state index contributed by atoms with van der Waals surface area (Å²) >= 11 is 0. The number of carbonyl (C=O) groups excluding carboxylic acids is 1. The highest BCUT2D eigenvalue weighted by molar-refractivity contribution is 6.13. The van der Waals surface area contributed by atoms with Crippen molar-refractivity contribution in [1.29, 1.82) is 0 Å². The summed E-state index contributed by atoms with van der Waals surface area (Å²) in [5, 5.41) is 1.54.